The number of rotatable bonds is 6. The van der Waals surface area contributed by atoms with Crippen molar-refractivity contribution in [2.24, 2.45) is 0 Å². The van der Waals surface area contributed by atoms with E-state index in [0.29, 0.717) is 0 Å². The molecule has 0 radical (unpaired) electrons. The summed E-state index contributed by atoms with van der Waals surface area (Å²) in [5.41, 5.74) is 0.176. The molecule has 16 heavy (non-hydrogen) atoms. The fraction of sp³-hybridized carbons (Fsp3) is 0.556. The number of aliphatic hydroxyl groups excluding tert-OH is 2. The number of carbonyl (C=O) groups is 2. The lowest BCUT2D eigenvalue weighted by atomic mass is 10.4. The second-order valence-electron chi connectivity index (χ2n) is 2.83. The summed E-state index contributed by atoms with van der Waals surface area (Å²) in [7, 11) is 0. The molecule has 1 unspecified atom stereocenters. The van der Waals surface area contributed by atoms with Gasteiger partial charge in [0.15, 0.2) is 0 Å². The first-order chi connectivity index (χ1) is 7.31. The first-order valence-electron chi connectivity index (χ1n) is 4.28. The van der Waals surface area contributed by atoms with Gasteiger partial charge in [-0.25, -0.2) is 9.59 Å². The second-order valence-corrected chi connectivity index (χ2v) is 2.83. The van der Waals surface area contributed by atoms with Crippen LogP contribution in [0, 0.1) is 0 Å². The topological polar surface area (TPSA) is 124 Å². The Labute approximate surface area is 92.6 Å². The van der Waals surface area contributed by atoms with E-state index in [1.54, 1.807) is 0 Å². The van der Waals surface area contributed by atoms with Crippen molar-refractivity contribution < 1.29 is 34.8 Å². The summed E-state index contributed by atoms with van der Waals surface area (Å²) in [5, 5.41) is 32.7. The Kier molecular flexibility index (Phi) is 10.7. The molecule has 0 saturated carbocycles. The molecule has 0 aromatic rings. The fourth-order valence-electron chi connectivity index (χ4n) is 0.335. The summed E-state index contributed by atoms with van der Waals surface area (Å²) in [5.74, 6) is -2.03. The zero-order valence-electron chi connectivity index (χ0n) is 8.92. The van der Waals surface area contributed by atoms with Crippen molar-refractivity contribution in [1.29, 1.82) is 0 Å². The van der Waals surface area contributed by atoms with Crippen LogP contribution in [0.15, 0.2) is 12.2 Å². The standard InChI is InChI=1S/C5H10O5.C4H6O2/c6-1-4(7)2-10-3-5(8)9;1-3(2)4(5)6/h4,6-7H,1-3H2,(H,8,9);1H2,2H3,(H,5,6). The molecule has 94 valence electrons. The number of aliphatic hydroxyl groups is 2. The van der Waals surface area contributed by atoms with E-state index in [2.05, 4.69) is 11.3 Å². The molecule has 0 aliphatic carbocycles. The van der Waals surface area contributed by atoms with Gasteiger partial charge in [-0.1, -0.05) is 6.58 Å². The molecule has 0 aromatic carbocycles. The van der Waals surface area contributed by atoms with Crippen LogP contribution in [0.1, 0.15) is 6.92 Å². The van der Waals surface area contributed by atoms with Crippen molar-refractivity contribution in [1.82, 2.24) is 0 Å². The van der Waals surface area contributed by atoms with E-state index in [4.69, 9.17) is 20.4 Å². The SMILES string of the molecule is C=C(C)C(=O)O.O=C(O)COCC(O)CO. The molecule has 0 amide bonds. The van der Waals surface area contributed by atoms with Crippen LogP contribution in [0.3, 0.4) is 0 Å². The van der Waals surface area contributed by atoms with E-state index in [9.17, 15) is 9.59 Å². The summed E-state index contributed by atoms with van der Waals surface area (Å²) < 4.78 is 4.44. The van der Waals surface area contributed by atoms with E-state index in [0.717, 1.165) is 0 Å². The minimum atomic E-state index is -1.09. The number of aliphatic carboxylic acids is 2. The van der Waals surface area contributed by atoms with Gasteiger partial charge in [-0.2, -0.15) is 0 Å². The normalized spacial score (nSPS) is 10.9. The lowest BCUT2D eigenvalue weighted by molar-refractivity contribution is -0.143. The Balaban J connectivity index is 0. The predicted molar refractivity (Wildman–Crippen MR) is 54.0 cm³/mol. The Morgan fingerprint density at radius 2 is 1.81 bits per heavy atom. The second kappa shape index (κ2) is 10.1. The van der Waals surface area contributed by atoms with Crippen LogP contribution in [0.5, 0.6) is 0 Å². The lowest BCUT2D eigenvalue weighted by Crippen LogP contribution is -2.21. The predicted octanol–water partition coefficient (Wildman–Crippen LogP) is -0.912. The summed E-state index contributed by atoms with van der Waals surface area (Å²) in [6.07, 6.45) is -0.987. The summed E-state index contributed by atoms with van der Waals surface area (Å²) in [6.45, 7) is 3.59. The third-order valence-electron chi connectivity index (χ3n) is 1.11. The van der Waals surface area contributed by atoms with E-state index in [1.807, 2.05) is 0 Å². The Hall–Kier alpha value is -1.44. The molecule has 0 aromatic heterocycles. The Morgan fingerprint density at radius 1 is 1.38 bits per heavy atom. The smallest absolute Gasteiger partial charge is 0.330 e. The van der Waals surface area contributed by atoms with Gasteiger partial charge in [0.25, 0.3) is 0 Å². The summed E-state index contributed by atoms with van der Waals surface area (Å²) >= 11 is 0. The van der Waals surface area contributed by atoms with Crippen molar-refractivity contribution in [3.05, 3.63) is 12.2 Å². The van der Waals surface area contributed by atoms with Gasteiger partial charge < -0.3 is 25.2 Å². The van der Waals surface area contributed by atoms with Crippen molar-refractivity contribution >= 4 is 11.9 Å². The molecule has 0 spiro atoms. The van der Waals surface area contributed by atoms with Crippen molar-refractivity contribution in [3.63, 3.8) is 0 Å². The van der Waals surface area contributed by atoms with Gasteiger partial charge in [-0.15, -0.1) is 0 Å². The van der Waals surface area contributed by atoms with E-state index < -0.39 is 31.3 Å². The third-order valence-corrected chi connectivity index (χ3v) is 1.11. The molecular weight excluding hydrogens is 220 g/mol. The van der Waals surface area contributed by atoms with Crippen LogP contribution in [0.4, 0.5) is 0 Å². The molecule has 0 saturated heterocycles. The lowest BCUT2D eigenvalue weighted by Gasteiger charge is -2.04. The van der Waals surface area contributed by atoms with E-state index in [1.165, 1.54) is 6.92 Å². The van der Waals surface area contributed by atoms with Gasteiger partial charge >= 0.3 is 11.9 Å². The van der Waals surface area contributed by atoms with Crippen LogP contribution in [0.2, 0.25) is 0 Å². The van der Waals surface area contributed by atoms with Crippen LogP contribution < -0.4 is 0 Å². The highest BCUT2D eigenvalue weighted by molar-refractivity contribution is 5.84. The van der Waals surface area contributed by atoms with Crippen molar-refractivity contribution in [2.75, 3.05) is 19.8 Å². The molecular formula is C9H16O7. The highest BCUT2D eigenvalue weighted by Gasteiger charge is 2.02. The Morgan fingerprint density at radius 3 is 2.06 bits per heavy atom. The largest absolute Gasteiger partial charge is 0.480 e. The van der Waals surface area contributed by atoms with Gasteiger partial charge in [0.1, 0.15) is 12.7 Å². The van der Waals surface area contributed by atoms with Crippen LogP contribution in [-0.2, 0) is 14.3 Å². The average Bonchev–Trinajstić information content (AvgIpc) is 2.17. The van der Waals surface area contributed by atoms with Gasteiger partial charge in [-0.3, -0.25) is 0 Å². The number of hydrogen-bond acceptors (Lipinski definition) is 5. The molecule has 0 fully saturated rings. The highest BCUT2D eigenvalue weighted by Crippen LogP contribution is 1.82. The Bertz CT molecular complexity index is 224. The fourth-order valence-corrected chi connectivity index (χ4v) is 0.335. The number of hydrogen-bond donors (Lipinski definition) is 4. The molecule has 0 aliphatic heterocycles. The monoisotopic (exact) mass is 236 g/mol. The number of carboxylic acids is 2. The maximum absolute atomic E-state index is 9.80. The van der Waals surface area contributed by atoms with Crippen molar-refractivity contribution in [3.8, 4) is 0 Å². The molecule has 7 nitrogen and oxygen atoms in total. The molecule has 7 heteroatoms. The molecule has 1 atom stereocenters. The average molecular weight is 236 g/mol. The van der Waals surface area contributed by atoms with Gasteiger partial charge in [0.2, 0.25) is 0 Å². The zero-order chi connectivity index (χ0) is 13.1. The first-order valence-corrected chi connectivity index (χ1v) is 4.28. The first kappa shape index (κ1) is 17.0. The molecule has 0 rings (SSSR count). The van der Waals surface area contributed by atoms with Crippen molar-refractivity contribution in [2.45, 2.75) is 13.0 Å². The van der Waals surface area contributed by atoms with Gasteiger partial charge in [-0.05, 0) is 6.92 Å². The van der Waals surface area contributed by atoms with Crippen LogP contribution >= 0.6 is 0 Å². The van der Waals surface area contributed by atoms with E-state index >= 15 is 0 Å². The number of carboxylic acid groups (broad SMARTS) is 2. The number of ether oxygens (including phenoxy) is 1. The quantitative estimate of drug-likeness (QED) is 0.440. The summed E-state index contributed by atoms with van der Waals surface area (Å²) in [4.78, 5) is 19.4. The maximum Gasteiger partial charge on any atom is 0.330 e. The summed E-state index contributed by atoms with van der Waals surface area (Å²) in [6, 6.07) is 0. The molecule has 0 heterocycles. The van der Waals surface area contributed by atoms with Crippen LogP contribution in [-0.4, -0.2) is 58.3 Å². The molecule has 0 aliphatic rings. The molecule has 0 bridgehead atoms. The molecule has 4 N–H and O–H groups in total. The minimum absolute atomic E-state index is 0.150. The van der Waals surface area contributed by atoms with E-state index in [-0.39, 0.29) is 12.2 Å². The van der Waals surface area contributed by atoms with Gasteiger partial charge in [0.05, 0.1) is 13.2 Å². The zero-order valence-corrected chi connectivity index (χ0v) is 8.92. The minimum Gasteiger partial charge on any atom is -0.480 e. The third kappa shape index (κ3) is 15.1. The van der Waals surface area contributed by atoms with Gasteiger partial charge in [0, 0.05) is 5.57 Å². The highest BCUT2D eigenvalue weighted by atomic mass is 16.5. The maximum atomic E-state index is 9.80. The van der Waals surface area contributed by atoms with Crippen LogP contribution in [0.25, 0.3) is 0 Å².